The molecule has 9 rings (SSSR count). The van der Waals surface area contributed by atoms with Crippen molar-refractivity contribution < 1.29 is 0 Å². The molecule has 3 nitrogen and oxygen atoms in total. The predicted molar refractivity (Wildman–Crippen MR) is 167 cm³/mol. The van der Waals surface area contributed by atoms with Gasteiger partial charge in [-0.1, -0.05) is 97.1 Å². The smallest absolute Gasteiger partial charge is 0.145 e. The SMILES string of the molecule is c1ccc(-n2c(-c3ccc(-c4ccc5c(c4)c4cccc6c7ccccc7n5c64)cc3)nc3ccccc32)cc1. The normalized spacial score (nSPS) is 12.0. The van der Waals surface area contributed by atoms with E-state index in [2.05, 4.69) is 136 Å². The Bertz CT molecular complexity index is 2360. The molecule has 0 saturated carbocycles. The van der Waals surface area contributed by atoms with Crippen LogP contribution in [0.15, 0.2) is 140 Å². The van der Waals surface area contributed by atoms with Crippen LogP contribution in [0.4, 0.5) is 0 Å². The average Bonchev–Trinajstić information content (AvgIpc) is 3.68. The second-order valence-electron chi connectivity index (χ2n) is 10.5. The lowest BCUT2D eigenvalue weighted by molar-refractivity contribution is 1.10. The van der Waals surface area contributed by atoms with Crippen molar-refractivity contribution in [2.75, 3.05) is 0 Å². The molecule has 3 heterocycles. The monoisotopic (exact) mass is 509 g/mol. The molecular formula is C37H23N3. The van der Waals surface area contributed by atoms with E-state index in [-0.39, 0.29) is 0 Å². The molecule has 0 radical (unpaired) electrons. The molecule has 0 aliphatic heterocycles. The van der Waals surface area contributed by atoms with Crippen LogP contribution in [0, 0.1) is 0 Å². The summed E-state index contributed by atoms with van der Waals surface area (Å²) in [6.45, 7) is 0. The molecule has 0 fully saturated rings. The van der Waals surface area contributed by atoms with Gasteiger partial charge in [-0.3, -0.25) is 4.57 Å². The zero-order chi connectivity index (χ0) is 26.2. The standard InChI is InChI=1S/C37H23N3/c1-2-9-27(10-3-1)39-35-16-7-5-14-32(35)38-37(39)25-19-17-24(18-20-25)26-21-22-34-31(23-26)30-13-8-12-29-28-11-4-6-15-33(28)40(34)36(29)30/h1-23H. The molecule has 0 aliphatic carbocycles. The van der Waals surface area contributed by atoms with Crippen molar-refractivity contribution in [2.45, 2.75) is 0 Å². The Morgan fingerprint density at radius 3 is 1.90 bits per heavy atom. The van der Waals surface area contributed by atoms with Crippen LogP contribution in [0.2, 0.25) is 0 Å². The van der Waals surface area contributed by atoms with Crippen molar-refractivity contribution in [1.82, 2.24) is 14.0 Å². The third-order valence-corrected chi connectivity index (χ3v) is 8.27. The molecular weight excluding hydrogens is 486 g/mol. The Labute approximate surface area is 230 Å². The van der Waals surface area contributed by atoms with Gasteiger partial charge in [-0.15, -0.1) is 0 Å². The van der Waals surface area contributed by atoms with Gasteiger partial charge in [0, 0.05) is 32.8 Å². The highest BCUT2D eigenvalue weighted by Gasteiger charge is 2.18. The first-order valence-electron chi connectivity index (χ1n) is 13.7. The predicted octanol–water partition coefficient (Wildman–Crippen LogP) is 9.51. The van der Waals surface area contributed by atoms with Gasteiger partial charge in [-0.05, 0) is 53.6 Å². The van der Waals surface area contributed by atoms with E-state index in [1.165, 1.54) is 49.2 Å². The summed E-state index contributed by atoms with van der Waals surface area (Å²) in [7, 11) is 0. The molecule has 0 saturated heterocycles. The number of hydrogen-bond donors (Lipinski definition) is 0. The van der Waals surface area contributed by atoms with Crippen molar-refractivity contribution in [1.29, 1.82) is 0 Å². The lowest BCUT2D eigenvalue weighted by atomic mass is 10.0. The third-order valence-electron chi connectivity index (χ3n) is 8.27. The second kappa shape index (κ2) is 8.05. The maximum atomic E-state index is 5.03. The van der Waals surface area contributed by atoms with E-state index in [0.717, 1.165) is 28.1 Å². The first-order chi connectivity index (χ1) is 19.8. The Morgan fingerprint density at radius 1 is 0.425 bits per heavy atom. The van der Waals surface area contributed by atoms with E-state index >= 15 is 0 Å². The summed E-state index contributed by atoms with van der Waals surface area (Å²) in [5.41, 5.74) is 10.6. The fourth-order valence-electron chi connectivity index (χ4n) is 6.48. The number of nitrogens with zero attached hydrogens (tertiary/aromatic N) is 3. The van der Waals surface area contributed by atoms with Crippen LogP contribution in [-0.4, -0.2) is 14.0 Å². The van der Waals surface area contributed by atoms with Gasteiger partial charge in [0.25, 0.3) is 0 Å². The van der Waals surface area contributed by atoms with E-state index in [1.807, 2.05) is 12.1 Å². The first kappa shape index (κ1) is 21.5. The maximum absolute atomic E-state index is 5.03. The maximum Gasteiger partial charge on any atom is 0.145 e. The number of hydrogen-bond acceptors (Lipinski definition) is 1. The number of benzene rings is 6. The molecule has 0 spiro atoms. The number of imidazole rings is 1. The van der Waals surface area contributed by atoms with Crippen molar-refractivity contribution >= 4 is 49.1 Å². The van der Waals surface area contributed by atoms with E-state index in [0.29, 0.717) is 0 Å². The molecule has 0 bridgehead atoms. The molecule has 0 N–H and O–H groups in total. The van der Waals surface area contributed by atoms with Gasteiger partial charge < -0.3 is 4.40 Å². The van der Waals surface area contributed by atoms with E-state index in [9.17, 15) is 0 Å². The fourth-order valence-corrected chi connectivity index (χ4v) is 6.48. The topological polar surface area (TPSA) is 22.2 Å². The van der Waals surface area contributed by atoms with Crippen LogP contribution in [0.1, 0.15) is 0 Å². The summed E-state index contributed by atoms with van der Waals surface area (Å²) in [4.78, 5) is 5.03. The molecule has 3 aromatic heterocycles. The highest BCUT2D eigenvalue weighted by atomic mass is 15.1. The summed E-state index contributed by atoms with van der Waals surface area (Å²) < 4.78 is 4.68. The van der Waals surface area contributed by atoms with Crippen LogP contribution in [0.25, 0.3) is 77.3 Å². The zero-order valence-electron chi connectivity index (χ0n) is 21.6. The molecule has 3 heteroatoms. The Kier molecular flexibility index (Phi) is 4.33. The lowest BCUT2D eigenvalue weighted by Gasteiger charge is -2.10. The van der Waals surface area contributed by atoms with E-state index in [1.54, 1.807) is 0 Å². The van der Waals surface area contributed by atoms with Gasteiger partial charge in [0.1, 0.15) is 5.82 Å². The van der Waals surface area contributed by atoms with Gasteiger partial charge in [0.05, 0.1) is 27.6 Å². The van der Waals surface area contributed by atoms with Crippen LogP contribution >= 0.6 is 0 Å². The summed E-state index contributed by atoms with van der Waals surface area (Å²) in [5, 5.41) is 5.22. The summed E-state index contributed by atoms with van der Waals surface area (Å²) in [6.07, 6.45) is 0. The zero-order valence-corrected chi connectivity index (χ0v) is 21.6. The van der Waals surface area contributed by atoms with Crippen LogP contribution in [-0.2, 0) is 0 Å². The summed E-state index contributed by atoms with van der Waals surface area (Å²) in [6, 6.07) is 49.9. The number of rotatable bonds is 3. The number of fused-ring (bicyclic) bond motifs is 7. The van der Waals surface area contributed by atoms with Crippen LogP contribution in [0.5, 0.6) is 0 Å². The van der Waals surface area contributed by atoms with Crippen LogP contribution in [0.3, 0.4) is 0 Å². The van der Waals surface area contributed by atoms with Crippen molar-refractivity contribution in [3.05, 3.63) is 140 Å². The van der Waals surface area contributed by atoms with Gasteiger partial charge in [0.2, 0.25) is 0 Å². The molecule has 0 amide bonds. The quantitative estimate of drug-likeness (QED) is 0.232. The minimum Gasteiger partial charge on any atom is -0.308 e. The van der Waals surface area contributed by atoms with Crippen molar-refractivity contribution in [3.8, 4) is 28.2 Å². The Hall–Kier alpha value is -5.41. The average molecular weight is 510 g/mol. The first-order valence-corrected chi connectivity index (χ1v) is 13.7. The van der Waals surface area contributed by atoms with Gasteiger partial charge in [0.15, 0.2) is 0 Å². The van der Waals surface area contributed by atoms with Gasteiger partial charge in [-0.2, -0.15) is 0 Å². The highest BCUT2D eigenvalue weighted by Crippen LogP contribution is 2.40. The molecule has 0 aliphatic rings. The van der Waals surface area contributed by atoms with E-state index in [4.69, 9.17) is 4.98 Å². The highest BCUT2D eigenvalue weighted by molar-refractivity contribution is 6.23. The molecule has 6 aromatic carbocycles. The Morgan fingerprint density at radius 2 is 1.05 bits per heavy atom. The Balaban J connectivity index is 1.19. The van der Waals surface area contributed by atoms with Crippen molar-refractivity contribution in [3.63, 3.8) is 0 Å². The summed E-state index contributed by atoms with van der Waals surface area (Å²) in [5.74, 6) is 0.950. The minimum atomic E-state index is 0.950. The third kappa shape index (κ3) is 2.92. The van der Waals surface area contributed by atoms with Gasteiger partial charge in [-0.25, -0.2) is 4.98 Å². The summed E-state index contributed by atoms with van der Waals surface area (Å²) >= 11 is 0. The van der Waals surface area contributed by atoms with Crippen molar-refractivity contribution in [2.24, 2.45) is 0 Å². The number of aromatic nitrogens is 3. The largest absolute Gasteiger partial charge is 0.308 e. The molecule has 0 atom stereocenters. The number of para-hydroxylation sites is 5. The minimum absolute atomic E-state index is 0.950. The molecule has 0 unspecified atom stereocenters. The fraction of sp³-hybridized carbons (Fsp3) is 0. The second-order valence-corrected chi connectivity index (χ2v) is 10.5. The van der Waals surface area contributed by atoms with E-state index < -0.39 is 0 Å². The molecule has 40 heavy (non-hydrogen) atoms. The molecule has 9 aromatic rings. The lowest BCUT2D eigenvalue weighted by Crippen LogP contribution is -1.97. The molecule has 186 valence electrons. The van der Waals surface area contributed by atoms with Gasteiger partial charge >= 0.3 is 0 Å². The van der Waals surface area contributed by atoms with Crippen LogP contribution < -0.4 is 0 Å².